The average Bonchev–Trinajstić information content (AvgIpc) is 3.17. The number of nitrogens with zero attached hydrogens (tertiary/aromatic N) is 3. The van der Waals surface area contributed by atoms with Crippen LogP contribution in [0.5, 0.6) is 5.75 Å². The van der Waals surface area contributed by atoms with Crippen molar-refractivity contribution in [3.8, 4) is 5.75 Å². The maximum Gasteiger partial charge on any atom is 0.410 e. The molecular weight excluding hydrogens is 478 g/mol. The summed E-state index contributed by atoms with van der Waals surface area (Å²) in [4.78, 5) is 29.3. The molecule has 1 aliphatic rings. The Balaban J connectivity index is 1.50. The van der Waals surface area contributed by atoms with Gasteiger partial charge in [0.25, 0.3) is 5.56 Å². The second kappa shape index (κ2) is 8.95. The number of rotatable bonds is 4. The van der Waals surface area contributed by atoms with Gasteiger partial charge < -0.3 is 18.7 Å². The Bertz CT molecular complexity index is 1360. The molecular formula is C23H27N3O6S2. The summed E-state index contributed by atoms with van der Waals surface area (Å²) in [6, 6.07) is 9.01. The molecule has 9 nitrogen and oxygen atoms in total. The standard InChI is InChI=1S/C23H27N3O6S2/c1-16-5-7-18(8-6-16)34(29,30)32-17-13-19(27)26-15-21(33-20(26)14-17)24-9-11-25(12-10-24)22(28)31-23(2,3)4/h5-8,13-15H,9-12H2,1-4H3. The molecule has 2 aromatic heterocycles. The van der Waals surface area contributed by atoms with Crippen LogP contribution in [-0.2, 0) is 14.9 Å². The van der Waals surface area contributed by atoms with Crippen LogP contribution in [0, 0.1) is 6.92 Å². The number of amides is 1. The molecule has 0 unspecified atom stereocenters. The monoisotopic (exact) mass is 505 g/mol. The van der Waals surface area contributed by atoms with Gasteiger partial charge in [0.1, 0.15) is 20.3 Å². The van der Waals surface area contributed by atoms with E-state index in [1.54, 1.807) is 23.2 Å². The number of aromatic nitrogens is 1. The van der Waals surface area contributed by atoms with Crippen LogP contribution in [0.25, 0.3) is 4.83 Å². The highest BCUT2D eigenvalue weighted by atomic mass is 32.2. The SMILES string of the molecule is Cc1ccc(S(=O)(=O)Oc2cc(=O)n3cc(N4CCN(C(=O)OC(C)(C)C)CC4)sc3c2)cc1. The number of pyridine rings is 1. The zero-order valence-corrected chi connectivity index (χ0v) is 21.1. The van der Waals surface area contributed by atoms with Crippen molar-refractivity contribution < 1.29 is 22.1 Å². The van der Waals surface area contributed by atoms with Gasteiger partial charge in [-0.15, -0.1) is 0 Å². The first-order valence-electron chi connectivity index (χ1n) is 10.8. The van der Waals surface area contributed by atoms with Crippen molar-refractivity contribution in [2.24, 2.45) is 0 Å². The number of thiazole rings is 1. The third-order valence-corrected chi connectivity index (χ3v) is 7.57. The van der Waals surface area contributed by atoms with Crippen molar-refractivity contribution >= 4 is 37.4 Å². The van der Waals surface area contributed by atoms with Gasteiger partial charge >= 0.3 is 16.2 Å². The first kappa shape index (κ1) is 24.1. The summed E-state index contributed by atoms with van der Waals surface area (Å²) >= 11 is 1.35. The molecule has 0 bridgehead atoms. The Morgan fingerprint density at radius 3 is 2.29 bits per heavy atom. The van der Waals surface area contributed by atoms with E-state index in [0.717, 1.165) is 16.6 Å². The number of aryl methyl sites for hydroxylation is 1. The van der Waals surface area contributed by atoms with Crippen molar-refractivity contribution in [1.29, 1.82) is 0 Å². The molecule has 1 amide bonds. The Morgan fingerprint density at radius 2 is 1.68 bits per heavy atom. The topological polar surface area (TPSA) is 97.6 Å². The van der Waals surface area contributed by atoms with E-state index in [1.807, 2.05) is 27.7 Å². The summed E-state index contributed by atoms with van der Waals surface area (Å²) in [5.41, 5.74) is -0.00809. The van der Waals surface area contributed by atoms with E-state index in [0.29, 0.717) is 31.0 Å². The predicted molar refractivity (Wildman–Crippen MR) is 131 cm³/mol. The fraction of sp³-hybridized carbons (Fsp3) is 0.391. The van der Waals surface area contributed by atoms with Gasteiger partial charge in [-0.05, 0) is 39.8 Å². The van der Waals surface area contributed by atoms with Gasteiger partial charge in [0, 0.05) is 44.5 Å². The van der Waals surface area contributed by atoms with Crippen molar-refractivity contribution in [2.75, 3.05) is 31.1 Å². The first-order valence-corrected chi connectivity index (χ1v) is 13.0. The van der Waals surface area contributed by atoms with E-state index in [4.69, 9.17) is 8.92 Å². The second-order valence-corrected chi connectivity index (χ2v) is 11.7. The largest absolute Gasteiger partial charge is 0.444 e. The number of piperazine rings is 1. The molecule has 0 spiro atoms. The molecule has 1 fully saturated rings. The Labute approximate surface area is 202 Å². The number of hydrogen-bond donors (Lipinski definition) is 0. The van der Waals surface area contributed by atoms with Gasteiger partial charge in [-0.1, -0.05) is 29.0 Å². The van der Waals surface area contributed by atoms with Crippen LogP contribution < -0.4 is 14.6 Å². The molecule has 0 radical (unpaired) electrons. The summed E-state index contributed by atoms with van der Waals surface area (Å²) in [6.07, 6.45) is 1.39. The Morgan fingerprint density at radius 1 is 1.03 bits per heavy atom. The molecule has 1 aromatic carbocycles. The van der Waals surface area contributed by atoms with Crippen molar-refractivity contribution in [1.82, 2.24) is 9.30 Å². The van der Waals surface area contributed by atoms with Gasteiger partial charge in [0.15, 0.2) is 5.75 Å². The number of carbonyl (C=O) groups is 1. The van der Waals surface area contributed by atoms with E-state index in [2.05, 4.69) is 4.90 Å². The van der Waals surface area contributed by atoms with Crippen LogP contribution >= 0.6 is 11.3 Å². The second-order valence-electron chi connectivity index (χ2n) is 9.11. The molecule has 3 aromatic rings. The lowest BCUT2D eigenvalue weighted by molar-refractivity contribution is 0.0241. The van der Waals surface area contributed by atoms with Crippen LogP contribution in [0.3, 0.4) is 0 Å². The zero-order chi connectivity index (χ0) is 24.7. The van der Waals surface area contributed by atoms with Gasteiger partial charge in [-0.2, -0.15) is 8.42 Å². The minimum Gasteiger partial charge on any atom is -0.444 e. The molecule has 4 rings (SSSR count). The number of carbonyl (C=O) groups excluding carboxylic acids is 1. The van der Waals surface area contributed by atoms with Gasteiger partial charge in [0.2, 0.25) is 0 Å². The summed E-state index contributed by atoms with van der Waals surface area (Å²) in [6.45, 7) is 9.54. The van der Waals surface area contributed by atoms with Crippen LogP contribution in [-0.4, -0.2) is 55.6 Å². The smallest absolute Gasteiger partial charge is 0.410 e. The Hall–Kier alpha value is -3.05. The molecule has 3 heterocycles. The molecule has 0 atom stereocenters. The van der Waals surface area contributed by atoms with Crippen LogP contribution in [0.1, 0.15) is 26.3 Å². The minimum absolute atomic E-state index is 0.0213. The lowest BCUT2D eigenvalue weighted by atomic mass is 10.2. The third kappa shape index (κ3) is 5.36. The highest BCUT2D eigenvalue weighted by molar-refractivity contribution is 7.87. The quantitative estimate of drug-likeness (QED) is 0.501. The highest BCUT2D eigenvalue weighted by Crippen LogP contribution is 2.29. The Kier molecular flexibility index (Phi) is 6.34. The minimum atomic E-state index is -4.06. The van der Waals surface area contributed by atoms with Crippen LogP contribution in [0.15, 0.2) is 52.3 Å². The van der Waals surface area contributed by atoms with E-state index >= 15 is 0 Å². The maximum absolute atomic E-state index is 12.6. The lowest BCUT2D eigenvalue weighted by Gasteiger charge is -2.35. The molecule has 182 valence electrons. The zero-order valence-electron chi connectivity index (χ0n) is 19.5. The number of ether oxygens (including phenoxy) is 1. The molecule has 34 heavy (non-hydrogen) atoms. The third-order valence-electron chi connectivity index (χ3n) is 5.21. The molecule has 1 aliphatic heterocycles. The molecule has 11 heteroatoms. The molecule has 1 saturated heterocycles. The fourth-order valence-electron chi connectivity index (χ4n) is 3.49. The number of hydrogen-bond acceptors (Lipinski definition) is 8. The van der Waals surface area contributed by atoms with E-state index < -0.39 is 15.7 Å². The number of benzene rings is 1. The number of fused-ring (bicyclic) bond motifs is 1. The normalized spacial score (nSPS) is 14.9. The summed E-state index contributed by atoms with van der Waals surface area (Å²) < 4.78 is 37.4. The first-order chi connectivity index (χ1) is 15.9. The summed E-state index contributed by atoms with van der Waals surface area (Å²) in [5, 5.41) is 0.847. The van der Waals surface area contributed by atoms with Crippen LogP contribution in [0.2, 0.25) is 0 Å². The summed E-state index contributed by atoms with van der Waals surface area (Å²) in [7, 11) is -4.06. The average molecular weight is 506 g/mol. The van der Waals surface area contributed by atoms with Gasteiger partial charge in [-0.3, -0.25) is 9.20 Å². The van der Waals surface area contributed by atoms with E-state index in [9.17, 15) is 18.0 Å². The van der Waals surface area contributed by atoms with Crippen LogP contribution in [0.4, 0.5) is 9.80 Å². The summed E-state index contributed by atoms with van der Waals surface area (Å²) in [5.74, 6) is -0.0336. The fourth-order valence-corrected chi connectivity index (χ4v) is 5.51. The lowest BCUT2D eigenvalue weighted by Crippen LogP contribution is -2.50. The van der Waals surface area contributed by atoms with Gasteiger partial charge in [-0.25, -0.2) is 4.79 Å². The highest BCUT2D eigenvalue weighted by Gasteiger charge is 2.27. The molecule has 0 aliphatic carbocycles. The van der Waals surface area contributed by atoms with Crippen molar-refractivity contribution in [3.05, 3.63) is 58.5 Å². The predicted octanol–water partition coefficient (Wildman–Crippen LogP) is 3.49. The van der Waals surface area contributed by atoms with E-state index in [-0.39, 0.29) is 22.3 Å². The van der Waals surface area contributed by atoms with Crippen molar-refractivity contribution in [3.63, 3.8) is 0 Å². The van der Waals surface area contributed by atoms with Crippen molar-refractivity contribution in [2.45, 2.75) is 38.2 Å². The molecule has 0 saturated carbocycles. The van der Waals surface area contributed by atoms with Gasteiger partial charge in [0.05, 0.1) is 0 Å². The molecule has 0 N–H and O–H groups in total. The number of anilines is 1. The maximum atomic E-state index is 12.6. The van der Waals surface area contributed by atoms with E-state index in [1.165, 1.54) is 33.9 Å².